The van der Waals surface area contributed by atoms with Gasteiger partial charge >= 0.3 is 0 Å². The first-order valence-electron chi connectivity index (χ1n) is 4.43. The van der Waals surface area contributed by atoms with E-state index in [2.05, 4.69) is 18.2 Å². The van der Waals surface area contributed by atoms with E-state index in [1.807, 2.05) is 18.5 Å². The van der Waals surface area contributed by atoms with E-state index in [1.54, 1.807) is 0 Å². The molecule has 0 amide bonds. The third-order valence-corrected chi connectivity index (χ3v) is 1.73. The zero-order valence-electron chi connectivity index (χ0n) is 7.92. The van der Waals surface area contributed by atoms with Crippen LogP contribution in [0.4, 0.5) is 0 Å². The van der Waals surface area contributed by atoms with Gasteiger partial charge in [-0.15, -0.1) is 0 Å². The van der Waals surface area contributed by atoms with Gasteiger partial charge in [-0.2, -0.15) is 5.10 Å². The maximum absolute atomic E-state index is 5.46. The number of hydrogen-bond donors (Lipinski definition) is 0. The molecule has 0 fully saturated rings. The Morgan fingerprint density at radius 2 is 2.17 bits per heavy atom. The van der Waals surface area contributed by atoms with E-state index in [4.69, 9.17) is 4.74 Å². The minimum Gasteiger partial charge on any atom is -0.478 e. The Hall–Kier alpha value is -0.990. The lowest BCUT2D eigenvalue weighted by atomic mass is 10.3. The van der Waals surface area contributed by atoms with Crippen LogP contribution in [-0.2, 0) is 13.0 Å². The van der Waals surface area contributed by atoms with Crippen LogP contribution < -0.4 is 4.74 Å². The second kappa shape index (κ2) is 4.14. The Balaban J connectivity index is 2.90. The average Bonchev–Trinajstić information content (AvgIpc) is 2.48. The van der Waals surface area contributed by atoms with Gasteiger partial charge in [0.05, 0.1) is 6.61 Å². The van der Waals surface area contributed by atoms with Gasteiger partial charge in [-0.05, 0) is 20.3 Å². The van der Waals surface area contributed by atoms with Crippen molar-refractivity contribution in [2.24, 2.45) is 0 Å². The summed E-state index contributed by atoms with van der Waals surface area (Å²) < 4.78 is 7.29. The van der Waals surface area contributed by atoms with Crippen LogP contribution in [-0.4, -0.2) is 16.4 Å². The third kappa shape index (κ3) is 1.60. The molecule has 0 saturated carbocycles. The maximum atomic E-state index is 5.46. The average molecular weight is 167 g/mol. The van der Waals surface area contributed by atoms with E-state index < -0.39 is 0 Å². The van der Waals surface area contributed by atoms with Gasteiger partial charge in [0.15, 0.2) is 0 Å². The Morgan fingerprint density at radius 1 is 1.42 bits per heavy atom. The molecule has 0 bridgehead atoms. The minimum atomic E-state index is 0.687. The fourth-order valence-corrected chi connectivity index (χ4v) is 1.11. The molecule has 1 aromatic heterocycles. The highest BCUT2D eigenvalue weighted by Gasteiger charge is 2.08. The maximum Gasteiger partial charge on any atom is 0.215 e. The van der Waals surface area contributed by atoms with E-state index in [-0.39, 0.29) is 0 Å². The van der Waals surface area contributed by atoms with Gasteiger partial charge in [-0.1, -0.05) is 6.92 Å². The molecule has 1 radical (unpaired) electrons. The quantitative estimate of drug-likeness (QED) is 0.682. The summed E-state index contributed by atoms with van der Waals surface area (Å²) in [7, 11) is 0. The standard InChI is InChI=1S/C9H15N2O/c1-4-8-7-10-11(5-2)9(8)12-6-3/h4-6H2,1-3H3. The summed E-state index contributed by atoms with van der Waals surface area (Å²) in [6.45, 7) is 7.63. The lowest BCUT2D eigenvalue weighted by molar-refractivity contribution is 0.300. The molecule has 0 unspecified atom stereocenters. The van der Waals surface area contributed by atoms with Crippen LogP contribution in [0.3, 0.4) is 0 Å². The van der Waals surface area contributed by atoms with Crippen LogP contribution in [0, 0.1) is 6.20 Å². The molecule has 0 aromatic carbocycles. The van der Waals surface area contributed by atoms with Crippen molar-refractivity contribution in [3.63, 3.8) is 0 Å². The van der Waals surface area contributed by atoms with Crippen molar-refractivity contribution in [3.8, 4) is 5.88 Å². The zero-order valence-corrected chi connectivity index (χ0v) is 7.92. The number of aromatic nitrogens is 2. The third-order valence-electron chi connectivity index (χ3n) is 1.73. The summed E-state index contributed by atoms with van der Waals surface area (Å²) in [5.74, 6) is 0.877. The molecule has 67 valence electrons. The molecule has 3 heteroatoms. The van der Waals surface area contributed by atoms with Crippen LogP contribution in [0.25, 0.3) is 0 Å². The molecule has 1 aromatic rings. The van der Waals surface area contributed by atoms with Gasteiger partial charge < -0.3 is 4.74 Å². The highest BCUT2D eigenvalue weighted by Crippen LogP contribution is 2.17. The molecule has 0 aliphatic heterocycles. The van der Waals surface area contributed by atoms with E-state index in [1.165, 1.54) is 0 Å². The van der Waals surface area contributed by atoms with Gasteiger partial charge in [0.25, 0.3) is 0 Å². The number of hydrogen-bond acceptors (Lipinski definition) is 2. The van der Waals surface area contributed by atoms with Crippen LogP contribution in [0.15, 0.2) is 0 Å². The Kier molecular flexibility index (Phi) is 3.14. The van der Waals surface area contributed by atoms with Crippen molar-refractivity contribution in [1.29, 1.82) is 0 Å². The Bertz CT molecular complexity index is 221. The largest absolute Gasteiger partial charge is 0.478 e. The summed E-state index contributed by atoms with van der Waals surface area (Å²) in [4.78, 5) is 0. The van der Waals surface area contributed by atoms with Crippen LogP contribution in [0.5, 0.6) is 5.88 Å². The van der Waals surface area contributed by atoms with Gasteiger partial charge in [-0.25, -0.2) is 4.68 Å². The van der Waals surface area contributed by atoms with Gasteiger partial charge in [0.2, 0.25) is 5.88 Å². The smallest absolute Gasteiger partial charge is 0.215 e. The second-order valence-electron chi connectivity index (χ2n) is 2.50. The lowest BCUT2D eigenvalue weighted by Gasteiger charge is -2.06. The summed E-state index contributed by atoms with van der Waals surface area (Å²) in [5.41, 5.74) is 1.07. The summed E-state index contributed by atoms with van der Waals surface area (Å²) in [6.07, 6.45) is 3.87. The first-order valence-corrected chi connectivity index (χ1v) is 4.43. The first kappa shape index (κ1) is 9.10. The number of rotatable bonds is 4. The highest BCUT2D eigenvalue weighted by atomic mass is 16.5. The Labute approximate surface area is 73.3 Å². The topological polar surface area (TPSA) is 27.1 Å². The molecule has 1 heterocycles. The molecule has 0 spiro atoms. The monoisotopic (exact) mass is 167 g/mol. The molecule has 0 N–H and O–H groups in total. The number of ether oxygens (including phenoxy) is 1. The molecular formula is C9H15N2O. The van der Waals surface area contributed by atoms with Gasteiger partial charge in [0, 0.05) is 12.1 Å². The molecule has 0 atom stereocenters. The van der Waals surface area contributed by atoms with Crippen molar-refractivity contribution in [3.05, 3.63) is 11.8 Å². The Morgan fingerprint density at radius 3 is 2.67 bits per heavy atom. The molecule has 3 nitrogen and oxygen atoms in total. The van der Waals surface area contributed by atoms with Crippen molar-refractivity contribution in [2.75, 3.05) is 6.61 Å². The van der Waals surface area contributed by atoms with Crippen LogP contribution in [0.1, 0.15) is 26.3 Å². The van der Waals surface area contributed by atoms with Gasteiger partial charge in [0.1, 0.15) is 6.20 Å². The van der Waals surface area contributed by atoms with Crippen molar-refractivity contribution >= 4 is 0 Å². The summed E-state index contributed by atoms with van der Waals surface area (Å²) in [5, 5.41) is 4.09. The van der Waals surface area contributed by atoms with Crippen LogP contribution >= 0.6 is 0 Å². The molecule has 0 aliphatic carbocycles. The predicted molar refractivity (Wildman–Crippen MR) is 47.3 cm³/mol. The number of aryl methyl sites for hydroxylation is 2. The SMILES string of the molecule is CCOc1c(CC)[c]nn1CC. The summed E-state index contributed by atoms with van der Waals surface area (Å²) in [6, 6.07) is 0. The van der Waals surface area contributed by atoms with Crippen molar-refractivity contribution in [1.82, 2.24) is 9.78 Å². The van der Waals surface area contributed by atoms with E-state index in [0.717, 1.165) is 24.4 Å². The van der Waals surface area contributed by atoms with Crippen molar-refractivity contribution < 1.29 is 4.74 Å². The second-order valence-corrected chi connectivity index (χ2v) is 2.50. The number of nitrogens with zero attached hydrogens (tertiary/aromatic N) is 2. The lowest BCUT2D eigenvalue weighted by Crippen LogP contribution is -2.03. The highest BCUT2D eigenvalue weighted by molar-refractivity contribution is 5.22. The van der Waals surface area contributed by atoms with E-state index in [9.17, 15) is 0 Å². The van der Waals surface area contributed by atoms with Crippen molar-refractivity contribution in [2.45, 2.75) is 33.7 Å². The molecule has 1 rings (SSSR count). The molecule has 12 heavy (non-hydrogen) atoms. The normalized spacial score (nSPS) is 10.2. The zero-order chi connectivity index (χ0) is 8.97. The molecule has 0 saturated heterocycles. The van der Waals surface area contributed by atoms with E-state index >= 15 is 0 Å². The van der Waals surface area contributed by atoms with E-state index in [0.29, 0.717) is 6.61 Å². The first-order chi connectivity index (χ1) is 5.83. The van der Waals surface area contributed by atoms with Gasteiger partial charge in [-0.3, -0.25) is 0 Å². The minimum absolute atomic E-state index is 0.687. The summed E-state index contributed by atoms with van der Waals surface area (Å²) >= 11 is 0. The van der Waals surface area contributed by atoms with Crippen LogP contribution in [0.2, 0.25) is 0 Å². The fourth-order valence-electron chi connectivity index (χ4n) is 1.11. The predicted octanol–water partition coefficient (Wildman–Crippen LogP) is 1.66. The molecular weight excluding hydrogens is 152 g/mol. The molecule has 0 aliphatic rings. The fraction of sp³-hybridized carbons (Fsp3) is 0.667.